The summed E-state index contributed by atoms with van der Waals surface area (Å²) in [6.45, 7) is 1.80. The van der Waals surface area contributed by atoms with Gasteiger partial charge in [-0.15, -0.1) is 11.3 Å². The van der Waals surface area contributed by atoms with Crippen LogP contribution in [-0.4, -0.2) is 25.8 Å². The van der Waals surface area contributed by atoms with Crippen LogP contribution in [0.1, 0.15) is 20.8 Å². The van der Waals surface area contributed by atoms with Crippen molar-refractivity contribution in [1.29, 1.82) is 0 Å². The molecule has 0 radical (unpaired) electrons. The fraction of sp³-hybridized carbons (Fsp3) is 0.200. The van der Waals surface area contributed by atoms with Crippen LogP contribution in [0.2, 0.25) is 0 Å². The maximum absolute atomic E-state index is 10.9. The molecule has 94 valence electrons. The Morgan fingerprint density at radius 1 is 1.67 bits per heavy atom. The summed E-state index contributed by atoms with van der Waals surface area (Å²) < 4.78 is 1.38. The molecule has 2 rings (SSSR count). The molecule has 0 aliphatic carbocycles. The molecule has 0 aliphatic rings. The zero-order valence-electron chi connectivity index (χ0n) is 9.36. The first-order chi connectivity index (χ1) is 8.49. The number of nitrogens with zero attached hydrogens (tertiary/aromatic N) is 3. The van der Waals surface area contributed by atoms with Crippen LogP contribution in [0.25, 0.3) is 0 Å². The van der Waals surface area contributed by atoms with Crippen molar-refractivity contribution in [3.05, 3.63) is 43.8 Å². The van der Waals surface area contributed by atoms with Gasteiger partial charge in [0.1, 0.15) is 4.88 Å². The van der Waals surface area contributed by atoms with Crippen LogP contribution in [0.3, 0.4) is 0 Å². The molecular weight excluding hydrogens is 258 g/mol. The number of carboxylic acids is 1. The van der Waals surface area contributed by atoms with Crippen LogP contribution < -0.4 is 0 Å². The Kier molecular flexibility index (Phi) is 3.11. The van der Waals surface area contributed by atoms with Crippen LogP contribution in [0.5, 0.6) is 0 Å². The molecule has 0 atom stereocenters. The smallest absolute Gasteiger partial charge is 0.392 e. The van der Waals surface area contributed by atoms with Crippen LogP contribution in [-0.2, 0) is 6.54 Å². The summed E-state index contributed by atoms with van der Waals surface area (Å²) >= 11 is 1.12. The second-order valence-electron chi connectivity index (χ2n) is 3.67. The van der Waals surface area contributed by atoms with E-state index in [9.17, 15) is 14.9 Å². The van der Waals surface area contributed by atoms with Crippen molar-refractivity contribution >= 4 is 23.1 Å². The summed E-state index contributed by atoms with van der Waals surface area (Å²) in [6.07, 6.45) is 1.53. The van der Waals surface area contributed by atoms with E-state index < -0.39 is 10.9 Å². The zero-order chi connectivity index (χ0) is 13.3. The number of carbonyl (C=O) groups is 1. The maximum atomic E-state index is 10.9. The highest BCUT2D eigenvalue weighted by atomic mass is 32.1. The topological polar surface area (TPSA) is 98.3 Å². The van der Waals surface area contributed by atoms with Gasteiger partial charge in [-0.25, -0.2) is 4.79 Å². The lowest BCUT2D eigenvalue weighted by molar-refractivity contribution is -0.390. The van der Waals surface area contributed by atoms with Crippen molar-refractivity contribution in [2.45, 2.75) is 13.5 Å². The van der Waals surface area contributed by atoms with Crippen molar-refractivity contribution in [2.75, 3.05) is 0 Å². The number of rotatable bonds is 4. The number of carboxylic acid groups (broad SMARTS) is 1. The number of aromatic nitrogens is 2. The van der Waals surface area contributed by atoms with Crippen molar-refractivity contribution in [3.63, 3.8) is 0 Å². The van der Waals surface area contributed by atoms with Crippen molar-refractivity contribution < 1.29 is 14.8 Å². The molecule has 0 spiro atoms. The maximum Gasteiger partial charge on any atom is 0.392 e. The van der Waals surface area contributed by atoms with Crippen molar-refractivity contribution in [1.82, 2.24) is 9.78 Å². The van der Waals surface area contributed by atoms with Gasteiger partial charge in [-0.05, 0) is 23.3 Å². The van der Waals surface area contributed by atoms with Gasteiger partial charge in [0.2, 0.25) is 0 Å². The number of hydrogen-bond acceptors (Lipinski definition) is 5. The molecule has 0 saturated heterocycles. The number of thiophene rings is 1. The van der Waals surface area contributed by atoms with Crippen LogP contribution >= 0.6 is 11.3 Å². The van der Waals surface area contributed by atoms with E-state index in [1.807, 2.05) is 0 Å². The van der Waals surface area contributed by atoms with Gasteiger partial charge in [0, 0.05) is 5.56 Å². The van der Waals surface area contributed by atoms with Gasteiger partial charge in [0.25, 0.3) is 0 Å². The van der Waals surface area contributed by atoms with Gasteiger partial charge in [0.05, 0.1) is 23.4 Å². The van der Waals surface area contributed by atoms with E-state index >= 15 is 0 Å². The molecule has 2 aromatic rings. The van der Waals surface area contributed by atoms with E-state index in [4.69, 9.17) is 5.11 Å². The predicted molar refractivity (Wildman–Crippen MR) is 64.0 cm³/mol. The number of aromatic carboxylic acids is 1. The normalized spacial score (nSPS) is 10.5. The highest BCUT2D eigenvalue weighted by molar-refractivity contribution is 7.12. The van der Waals surface area contributed by atoms with Gasteiger partial charge in [0.15, 0.2) is 0 Å². The van der Waals surface area contributed by atoms with Gasteiger partial charge < -0.3 is 15.2 Å². The standard InChI is InChI=1S/C10H9N3O4S/c1-6-4-12(11-9(6)13(16)17)5-7-2-3-18-8(7)10(14)15/h2-4H,5H2,1H3,(H,14,15). The Labute approximate surface area is 105 Å². The summed E-state index contributed by atoms with van der Waals surface area (Å²) in [6, 6.07) is 1.68. The van der Waals surface area contributed by atoms with Crippen LogP contribution in [0.4, 0.5) is 5.82 Å². The SMILES string of the molecule is Cc1cn(Cc2ccsc2C(=O)O)nc1[N+](=O)[O-]. The lowest BCUT2D eigenvalue weighted by Crippen LogP contribution is -2.05. The number of nitro groups is 1. The molecule has 2 aromatic heterocycles. The fourth-order valence-corrected chi connectivity index (χ4v) is 2.35. The zero-order valence-corrected chi connectivity index (χ0v) is 10.2. The largest absolute Gasteiger partial charge is 0.477 e. The Bertz CT molecular complexity index is 616. The minimum absolute atomic E-state index is 0.206. The molecule has 8 heteroatoms. The Morgan fingerprint density at radius 3 is 2.94 bits per heavy atom. The molecule has 18 heavy (non-hydrogen) atoms. The van der Waals surface area contributed by atoms with Gasteiger partial charge in [-0.3, -0.25) is 0 Å². The van der Waals surface area contributed by atoms with Gasteiger partial charge in [-0.2, -0.15) is 4.68 Å². The molecule has 2 heterocycles. The molecule has 0 fully saturated rings. The Morgan fingerprint density at radius 2 is 2.39 bits per heavy atom. The summed E-state index contributed by atoms with van der Waals surface area (Å²) in [7, 11) is 0. The van der Waals surface area contributed by atoms with E-state index in [0.717, 1.165) is 11.3 Å². The molecule has 0 aliphatic heterocycles. The van der Waals surface area contributed by atoms with E-state index in [1.165, 1.54) is 10.9 Å². The first-order valence-electron chi connectivity index (χ1n) is 4.97. The number of hydrogen-bond donors (Lipinski definition) is 1. The monoisotopic (exact) mass is 267 g/mol. The second-order valence-corrected chi connectivity index (χ2v) is 4.59. The predicted octanol–water partition coefficient (Wildman–Crippen LogP) is 1.91. The lowest BCUT2D eigenvalue weighted by atomic mass is 10.2. The average molecular weight is 267 g/mol. The van der Waals surface area contributed by atoms with Crippen molar-refractivity contribution in [3.8, 4) is 0 Å². The minimum atomic E-state index is -1.00. The first-order valence-corrected chi connectivity index (χ1v) is 5.85. The number of aryl methyl sites for hydroxylation is 1. The van der Waals surface area contributed by atoms with E-state index in [2.05, 4.69) is 5.10 Å². The van der Waals surface area contributed by atoms with Gasteiger partial charge in [-0.1, -0.05) is 0 Å². The summed E-state index contributed by atoms with van der Waals surface area (Å²) in [5, 5.41) is 25.1. The first kappa shape index (κ1) is 12.2. The molecule has 7 nitrogen and oxygen atoms in total. The van der Waals surface area contributed by atoms with Crippen LogP contribution in [0, 0.1) is 17.0 Å². The molecular formula is C10H9N3O4S. The lowest BCUT2D eigenvalue weighted by Gasteiger charge is -1.96. The molecule has 0 amide bonds. The second kappa shape index (κ2) is 4.57. The van der Waals surface area contributed by atoms with E-state index in [0.29, 0.717) is 11.1 Å². The summed E-state index contributed by atoms with van der Waals surface area (Å²) in [5.74, 6) is -1.21. The van der Waals surface area contributed by atoms with Gasteiger partial charge >= 0.3 is 11.8 Å². The molecule has 0 saturated carbocycles. The molecule has 0 unspecified atom stereocenters. The third kappa shape index (κ3) is 2.23. The molecule has 0 aromatic carbocycles. The summed E-state index contributed by atoms with van der Waals surface area (Å²) in [4.78, 5) is 21.2. The van der Waals surface area contributed by atoms with Crippen molar-refractivity contribution in [2.24, 2.45) is 0 Å². The average Bonchev–Trinajstić information content (AvgIpc) is 2.85. The summed E-state index contributed by atoms with van der Waals surface area (Å²) in [5.41, 5.74) is 1.04. The molecule has 0 bridgehead atoms. The Balaban J connectivity index is 2.29. The Hall–Kier alpha value is -2.22. The fourth-order valence-electron chi connectivity index (χ4n) is 1.59. The van der Waals surface area contributed by atoms with E-state index in [-0.39, 0.29) is 17.2 Å². The molecule has 1 N–H and O–H groups in total. The van der Waals surface area contributed by atoms with E-state index in [1.54, 1.807) is 18.4 Å². The van der Waals surface area contributed by atoms with Crippen LogP contribution in [0.15, 0.2) is 17.6 Å². The highest BCUT2D eigenvalue weighted by Crippen LogP contribution is 2.20. The quantitative estimate of drug-likeness (QED) is 0.673. The minimum Gasteiger partial charge on any atom is -0.477 e. The third-order valence-corrected chi connectivity index (χ3v) is 3.31. The third-order valence-electron chi connectivity index (χ3n) is 2.36. The highest BCUT2D eigenvalue weighted by Gasteiger charge is 2.19.